The number of nitrogens with zero attached hydrogens (tertiary/aromatic N) is 1. The highest BCUT2D eigenvalue weighted by Crippen LogP contribution is 2.20. The van der Waals surface area contributed by atoms with Crippen LogP contribution in [0.5, 0.6) is 0 Å². The molecular formula is C17H27IN2. The van der Waals surface area contributed by atoms with Gasteiger partial charge in [0.25, 0.3) is 0 Å². The summed E-state index contributed by atoms with van der Waals surface area (Å²) in [4.78, 5) is 2.68. The summed E-state index contributed by atoms with van der Waals surface area (Å²) in [5, 5.41) is 3.75. The summed E-state index contributed by atoms with van der Waals surface area (Å²) in [5.41, 5.74) is 1.44. The van der Waals surface area contributed by atoms with Gasteiger partial charge in [-0.3, -0.25) is 4.90 Å². The van der Waals surface area contributed by atoms with Crippen molar-refractivity contribution in [2.75, 3.05) is 13.1 Å². The second kappa shape index (κ2) is 7.76. The monoisotopic (exact) mass is 386 g/mol. The van der Waals surface area contributed by atoms with Crippen molar-refractivity contribution in [1.82, 2.24) is 10.2 Å². The van der Waals surface area contributed by atoms with Crippen LogP contribution >= 0.6 is 22.6 Å². The molecule has 0 radical (unpaired) electrons. The number of rotatable bonds is 5. The summed E-state index contributed by atoms with van der Waals surface area (Å²) >= 11 is 2.37. The van der Waals surface area contributed by atoms with Gasteiger partial charge in [0.05, 0.1) is 0 Å². The van der Waals surface area contributed by atoms with Crippen molar-refractivity contribution in [1.29, 1.82) is 0 Å². The van der Waals surface area contributed by atoms with Crippen LogP contribution in [-0.2, 0) is 6.54 Å². The average Bonchev–Trinajstić information content (AvgIpc) is 2.48. The van der Waals surface area contributed by atoms with Crippen LogP contribution in [0.3, 0.4) is 0 Å². The maximum atomic E-state index is 3.75. The lowest BCUT2D eigenvalue weighted by Crippen LogP contribution is -2.57. The van der Waals surface area contributed by atoms with Gasteiger partial charge in [0.1, 0.15) is 0 Å². The predicted octanol–water partition coefficient (Wildman–Crippen LogP) is 3.89. The van der Waals surface area contributed by atoms with Gasteiger partial charge in [-0.15, -0.1) is 0 Å². The summed E-state index contributed by atoms with van der Waals surface area (Å²) < 4.78 is 1.32. The van der Waals surface area contributed by atoms with E-state index < -0.39 is 0 Å². The first kappa shape index (κ1) is 16.2. The van der Waals surface area contributed by atoms with Crippen molar-refractivity contribution < 1.29 is 0 Å². The molecule has 2 rings (SSSR count). The number of hydrogen-bond acceptors (Lipinski definition) is 2. The fraction of sp³-hybridized carbons (Fsp3) is 0.647. The number of halogens is 1. The Labute approximate surface area is 137 Å². The third-order valence-electron chi connectivity index (χ3n) is 4.66. The zero-order chi connectivity index (χ0) is 14.5. The second-order valence-electron chi connectivity index (χ2n) is 6.02. The van der Waals surface area contributed by atoms with E-state index in [4.69, 9.17) is 0 Å². The number of hydrogen-bond donors (Lipinski definition) is 1. The lowest BCUT2D eigenvalue weighted by Gasteiger charge is -2.42. The van der Waals surface area contributed by atoms with Crippen molar-refractivity contribution in [2.45, 2.75) is 52.2 Å². The molecule has 1 fully saturated rings. The largest absolute Gasteiger partial charge is 0.311 e. The van der Waals surface area contributed by atoms with E-state index >= 15 is 0 Å². The molecule has 112 valence electrons. The molecule has 0 aliphatic carbocycles. The first-order valence-corrected chi connectivity index (χ1v) is 8.93. The molecule has 1 aromatic rings. The van der Waals surface area contributed by atoms with E-state index in [1.165, 1.54) is 28.5 Å². The highest BCUT2D eigenvalue weighted by atomic mass is 127. The van der Waals surface area contributed by atoms with E-state index in [9.17, 15) is 0 Å². The quantitative estimate of drug-likeness (QED) is 0.773. The summed E-state index contributed by atoms with van der Waals surface area (Å²) in [6, 6.07) is 10.3. The third kappa shape index (κ3) is 4.18. The molecule has 2 nitrogen and oxygen atoms in total. The minimum atomic E-state index is 0.645. The van der Waals surface area contributed by atoms with Crippen LogP contribution in [0.4, 0.5) is 0 Å². The molecule has 3 unspecified atom stereocenters. The van der Waals surface area contributed by atoms with Crippen LogP contribution in [0, 0.1) is 9.49 Å². The van der Waals surface area contributed by atoms with Crippen LogP contribution in [-0.4, -0.2) is 30.1 Å². The average molecular weight is 386 g/mol. The Balaban J connectivity index is 2.03. The van der Waals surface area contributed by atoms with Gasteiger partial charge in [0.2, 0.25) is 0 Å². The molecule has 1 heterocycles. The smallest absolute Gasteiger partial charge is 0.0237 e. The Kier molecular flexibility index (Phi) is 6.30. The molecule has 0 saturated carbocycles. The maximum absolute atomic E-state index is 3.75. The predicted molar refractivity (Wildman–Crippen MR) is 94.9 cm³/mol. The van der Waals surface area contributed by atoms with E-state index in [2.05, 4.69) is 77.8 Å². The molecule has 3 heteroatoms. The van der Waals surface area contributed by atoms with Gasteiger partial charge in [0, 0.05) is 35.3 Å². The molecule has 20 heavy (non-hydrogen) atoms. The SMILES string of the molecule is CCC(C)C1CN(Cc2ccc(I)cc2)C(CC)CN1. The molecular weight excluding hydrogens is 359 g/mol. The first-order chi connectivity index (χ1) is 9.63. The minimum absolute atomic E-state index is 0.645. The molecule has 1 saturated heterocycles. The summed E-state index contributed by atoms with van der Waals surface area (Å²) in [6.07, 6.45) is 2.48. The third-order valence-corrected chi connectivity index (χ3v) is 5.38. The van der Waals surface area contributed by atoms with Crippen LogP contribution < -0.4 is 5.32 Å². The Bertz CT molecular complexity index is 404. The van der Waals surface area contributed by atoms with Crippen molar-refractivity contribution in [3.05, 3.63) is 33.4 Å². The molecule has 1 N–H and O–H groups in total. The van der Waals surface area contributed by atoms with Crippen LogP contribution in [0.2, 0.25) is 0 Å². The van der Waals surface area contributed by atoms with Crippen molar-refractivity contribution in [3.8, 4) is 0 Å². The lowest BCUT2D eigenvalue weighted by atomic mass is 9.94. The van der Waals surface area contributed by atoms with E-state index in [-0.39, 0.29) is 0 Å². The van der Waals surface area contributed by atoms with E-state index in [0.717, 1.165) is 19.0 Å². The van der Waals surface area contributed by atoms with Gasteiger partial charge in [-0.1, -0.05) is 39.3 Å². The van der Waals surface area contributed by atoms with Gasteiger partial charge in [-0.25, -0.2) is 0 Å². The van der Waals surface area contributed by atoms with Crippen LogP contribution in [0.25, 0.3) is 0 Å². The van der Waals surface area contributed by atoms with E-state index in [0.29, 0.717) is 12.1 Å². The van der Waals surface area contributed by atoms with E-state index in [1.807, 2.05) is 0 Å². The number of nitrogens with one attached hydrogen (secondary N) is 1. The van der Waals surface area contributed by atoms with E-state index in [1.54, 1.807) is 0 Å². The number of benzene rings is 1. The highest BCUT2D eigenvalue weighted by Gasteiger charge is 2.28. The molecule has 1 aliphatic rings. The van der Waals surface area contributed by atoms with Gasteiger partial charge in [-0.05, 0) is 52.6 Å². The fourth-order valence-electron chi connectivity index (χ4n) is 2.97. The molecule has 0 amide bonds. The zero-order valence-corrected chi connectivity index (χ0v) is 15.1. The normalized spacial score (nSPS) is 25.6. The van der Waals surface area contributed by atoms with Gasteiger partial charge >= 0.3 is 0 Å². The summed E-state index contributed by atoms with van der Waals surface area (Å²) in [7, 11) is 0. The zero-order valence-electron chi connectivity index (χ0n) is 12.9. The van der Waals surface area contributed by atoms with Gasteiger partial charge < -0.3 is 5.32 Å². The Hall–Kier alpha value is -0.130. The highest BCUT2D eigenvalue weighted by molar-refractivity contribution is 14.1. The van der Waals surface area contributed by atoms with Crippen LogP contribution in [0.1, 0.15) is 39.2 Å². The molecule has 0 spiro atoms. The molecule has 1 aromatic carbocycles. The molecule has 1 aliphatic heterocycles. The van der Waals surface area contributed by atoms with Crippen molar-refractivity contribution in [3.63, 3.8) is 0 Å². The standard InChI is InChI=1S/C17H27IN2/c1-4-13(3)17-12-20(16(5-2)10-19-17)11-14-6-8-15(18)9-7-14/h6-9,13,16-17,19H,4-5,10-12H2,1-3H3. The van der Waals surface area contributed by atoms with Gasteiger partial charge in [-0.2, -0.15) is 0 Å². The fourth-order valence-corrected chi connectivity index (χ4v) is 3.33. The maximum Gasteiger partial charge on any atom is 0.0237 e. The summed E-state index contributed by atoms with van der Waals surface area (Å²) in [5.74, 6) is 0.757. The lowest BCUT2D eigenvalue weighted by molar-refractivity contribution is 0.0993. The Morgan fingerprint density at radius 3 is 2.60 bits per heavy atom. The molecule has 3 atom stereocenters. The number of piperazine rings is 1. The van der Waals surface area contributed by atoms with Crippen molar-refractivity contribution in [2.24, 2.45) is 5.92 Å². The summed E-state index contributed by atoms with van der Waals surface area (Å²) in [6.45, 7) is 10.4. The van der Waals surface area contributed by atoms with Gasteiger partial charge in [0.15, 0.2) is 0 Å². The Morgan fingerprint density at radius 2 is 2.00 bits per heavy atom. The molecule has 0 bridgehead atoms. The van der Waals surface area contributed by atoms with Crippen molar-refractivity contribution >= 4 is 22.6 Å². The van der Waals surface area contributed by atoms with Crippen LogP contribution in [0.15, 0.2) is 24.3 Å². The minimum Gasteiger partial charge on any atom is -0.311 e. The topological polar surface area (TPSA) is 15.3 Å². The Morgan fingerprint density at radius 1 is 1.30 bits per heavy atom. The molecule has 0 aromatic heterocycles. The second-order valence-corrected chi connectivity index (χ2v) is 7.26. The first-order valence-electron chi connectivity index (χ1n) is 7.85.